The summed E-state index contributed by atoms with van der Waals surface area (Å²) in [4.78, 5) is 7.45. The molecule has 1 aromatic heterocycles. The molecule has 2 aliphatic rings. The SMILES string of the molecule is NC(Cc1ncc[nH]1)C1C2CCc3ccccc3C21. The van der Waals surface area contributed by atoms with E-state index in [4.69, 9.17) is 5.73 Å². The molecule has 19 heavy (non-hydrogen) atoms. The summed E-state index contributed by atoms with van der Waals surface area (Å²) in [5.74, 6) is 3.17. The van der Waals surface area contributed by atoms with Gasteiger partial charge in [0.05, 0.1) is 0 Å². The molecule has 3 N–H and O–H groups in total. The van der Waals surface area contributed by atoms with Gasteiger partial charge in [0, 0.05) is 24.9 Å². The number of hydrogen-bond acceptors (Lipinski definition) is 2. The number of aryl methyl sites for hydroxylation is 1. The molecule has 1 heterocycles. The second kappa shape index (κ2) is 4.20. The van der Waals surface area contributed by atoms with Crippen LogP contribution in [0.5, 0.6) is 0 Å². The van der Waals surface area contributed by atoms with Crippen molar-refractivity contribution in [3.05, 3.63) is 53.6 Å². The van der Waals surface area contributed by atoms with Crippen molar-refractivity contribution in [2.24, 2.45) is 17.6 Å². The molecule has 3 nitrogen and oxygen atoms in total. The number of aromatic amines is 1. The molecule has 0 radical (unpaired) electrons. The smallest absolute Gasteiger partial charge is 0.107 e. The number of nitrogens with zero attached hydrogens (tertiary/aromatic N) is 1. The second-order valence-electron chi connectivity index (χ2n) is 5.91. The van der Waals surface area contributed by atoms with Crippen LogP contribution in [0.15, 0.2) is 36.7 Å². The van der Waals surface area contributed by atoms with E-state index in [0.717, 1.165) is 18.2 Å². The Morgan fingerprint density at radius 1 is 1.37 bits per heavy atom. The summed E-state index contributed by atoms with van der Waals surface area (Å²) in [5, 5.41) is 0. The van der Waals surface area contributed by atoms with Crippen LogP contribution in [0, 0.1) is 11.8 Å². The lowest BCUT2D eigenvalue weighted by atomic mass is 9.92. The third-order valence-corrected chi connectivity index (χ3v) is 4.87. The summed E-state index contributed by atoms with van der Waals surface area (Å²) >= 11 is 0. The van der Waals surface area contributed by atoms with E-state index >= 15 is 0 Å². The van der Waals surface area contributed by atoms with Crippen LogP contribution in [0.4, 0.5) is 0 Å². The van der Waals surface area contributed by atoms with Crippen LogP contribution in [-0.2, 0) is 12.8 Å². The van der Waals surface area contributed by atoms with Gasteiger partial charge in [-0.3, -0.25) is 0 Å². The van der Waals surface area contributed by atoms with Crippen LogP contribution in [0.1, 0.15) is 29.3 Å². The minimum Gasteiger partial charge on any atom is -0.349 e. The van der Waals surface area contributed by atoms with Crippen molar-refractivity contribution in [1.82, 2.24) is 9.97 Å². The maximum absolute atomic E-state index is 6.43. The number of hydrogen-bond donors (Lipinski definition) is 2. The van der Waals surface area contributed by atoms with E-state index in [1.54, 1.807) is 11.8 Å². The molecule has 0 bridgehead atoms. The topological polar surface area (TPSA) is 54.7 Å². The van der Waals surface area contributed by atoms with Crippen molar-refractivity contribution in [3.63, 3.8) is 0 Å². The lowest BCUT2D eigenvalue weighted by molar-refractivity contribution is 0.524. The molecule has 2 aliphatic carbocycles. The first-order valence-electron chi connectivity index (χ1n) is 7.16. The highest BCUT2D eigenvalue weighted by Crippen LogP contribution is 2.61. The molecule has 0 aliphatic heterocycles. The molecule has 4 unspecified atom stereocenters. The minimum absolute atomic E-state index is 0.229. The Bertz CT molecular complexity index is 575. The third kappa shape index (κ3) is 1.80. The largest absolute Gasteiger partial charge is 0.349 e. The summed E-state index contributed by atoms with van der Waals surface area (Å²) in [6, 6.07) is 9.12. The molecule has 0 saturated heterocycles. The summed E-state index contributed by atoms with van der Waals surface area (Å²) < 4.78 is 0. The molecule has 2 aromatic rings. The van der Waals surface area contributed by atoms with Crippen LogP contribution in [0.25, 0.3) is 0 Å². The zero-order valence-electron chi connectivity index (χ0n) is 10.9. The Morgan fingerprint density at radius 3 is 3.11 bits per heavy atom. The number of nitrogens with two attached hydrogens (primary N) is 1. The van der Waals surface area contributed by atoms with Crippen LogP contribution < -0.4 is 5.73 Å². The highest BCUT2D eigenvalue weighted by molar-refractivity contribution is 5.40. The van der Waals surface area contributed by atoms with Crippen LogP contribution in [0.3, 0.4) is 0 Å². The molecule has 3 heteroatoms. The average Bonchev–Trinajstić information content (AvgIpc) is 2.98. The van der Waals surface area contributed by atoms with Gasteiger partial charge in [-0.1, -0.05) is 24.3 Å². The van der Waals surface area contributed by atoms with Crippen molar-refractivity contribution in [3.8, 4) is 0 Å². The van der Waals surface area contributed by atoms with Crippen molar-refractivity contribution in [2.75, 3.05) is 0 Å². The van der Waals surface area contributed by atoms with E-state index in [1.165, 1.54) is 18.4 Å². The highest BCUT2D eigenvalue weighted by Gasteiger charge is 2.55. The van der Waals surface area contributed by atoms with E-state index in [9.17, 15) is 0 Å². The Kier molecular flexibility index (Phi) is 2.49. The molecular weight excluding hydrogens is 234 g/mol. The van der Waals surface area contributed by atoms with Crippen LogP contribution >= 0.6 is 0 Å². The predicted octanol–water partition coefficient (Wildman–Crippen LogP) is 2.26. The van der Waals surface area contributed by atoms with Gasteiger partial charge in [-0.05, 0) is 41.7 Å². The van der Waals surface area contributed by atoms with Gasteiger partial charge in [-0.25, -0.2) is 4.98 Å². The van der Waals surface area contributed by atoms with Gasteiger partial charge in [-0.2, -0.15) is 0 Å². The Balaban J connectivity index is 1.54. The Morgan fingerprint density at radius 2 is 2.26 bits per heavy atom. The fraction of sp³-hybridized carbons (Fsp3) is 0.438. The quantitative estimate of drug-likeness (QED) is 0.881. The summed E-state index contributed by atoms with van der Waals surface area (Å²) in [6.45, 7) is 0. The molecule has 0 amide bonds. The maximum atomic E-state index is 6.43. The van der Waals surface area contributed by atoms with Crippen LogP contribution in [-0.4, -0.2) is 16.0 Å². The number of nitrogens with one attached hydrogen (secondary N) is 1. The number of H-pyrrole nitrogens is 1. The molecule has 4 atom stereocenters. The zero-order chi connectivity index (χ0) is 12.8. The number of aromatic nitrogens is 2. The fourth-order valence-electron chi connectivity index (χ4n) is 3.97. The maximum Gasteiger partial charge on any atom is 0.107 e. The van der Waals surface area contributed by atoms with Crippen molar-refractivity contribution < 1.29 is 0 Å². The molecule has 98 valence electrons. The van der Waals surface area contributed by atoms with Gasteiger partial charge in [-0.15, -0.1) is 0 Å². The zero-order valence-corrected chi connectivity index (χ0v) is 10.9. The molecule has 1 fully saturated rings. The number of rotatable bonds is 3. The van der Waals surface area contributed by atoms with E-state index in [0.29, 0.717) is 11.8 Å². The molecular formula is C16H19N3. The molecule has 1 aromatic carbocycles. The van der Waals surface area contributed by atoms with Crippen molar-refractivity contribution in [1.29, 1.82) is 0 Å². The van der Waals surface area contributed by atoms with E-state index < -0.39 is 0 Å². The van der Waals surface area contributed by atoms with Gasteiger partial charge >= 0.3 is 0 Å². The molecule has 4 rings (SSSR count). The van der Waals surface area contributed by atoms with E-state index in [1.807, 2.05) is 6.20 Å². The lowest BCUT2D eigenvalue weighted by Crippen LogP contribution is -2.27. The van der Waals surface area contributed by atoms with Crippen LogP contribution in [0.2, 0.25) is 0 Å². The van der Waals surface area contributed by atoms with Crippen molar-refractivity contribution >= 4 is 0 Å². The van der Waals surface area contributed by atoms with E-state index in [-0.39, 0.29) is 6.04 Å². The monoisotopic (exact) mass is 253 g/mol. The Labute approximate surface area is 113 Å². The average molecular weight is 253 g/mol. The second-order valence-corrected chi connectivity index (χ2v) is 5.91. The minimum atomic E-state index is 0.229. The van der Waals surface area contributed by atoms with Gasteiger partial charge in [0.2, 0.25) is 0 Å². The summed E-state index contributed by atoms with van der Waals surface area (Å²) in [5.41, 5.74) is 9.52. The molecule has 1 saturated carbocycles. The standard InChI is InChI=1S/C16H19N3/c17-13(9-14-18-7-8-19-14)16-12-6-5-10-3-1-2-4-11(10)15(12)16/h1-4,7-8,12-13,15-16H,5-6,9,17H2,(H,18,19). The van der Waals surface area contributed by atoms with E-state index in [2.05, 4.69) is 34.2 Å². The predicted molar refractivity (Wildman–Crippen MR) is 74.8 cm³/mol. The first kappa shape index (κ1) is 11.2. The highest BCUT2D eigenvalue weighted by atomic mass is 14.9. The fourth-order valence-corrected chi connectivity index (χ4v) is 3.97. The lowest BCUT2D eigenvalue weighted by Gasteiger charge is -2.13. The first-order valence-corrected chi connectivity index (χ1v) is 7.16. The Hall–Kier alpha value is -1.61. The first-order chi connectivity index (χ1) is 9.34. The van der Waals surface area contributed by atoms with Gasteiger partial charge in [0.1, 0.15) is 5.82 Å². The number of imidazole rings is 1. The number of benzene rings is 1. The molecule has 0 spiro atoms. The van der Waals surface area contributed by atoms with Gasteiger partial charge in [0.15, 0.2) is 0 Å². The third-order valence-electron chi connectivity index (χ3n) is 4.87. The summed E-state index contributed by atoms with van der Waals surface area (Å²) in [6.07, 6.45) is 7.07. The number of fused-ring (bicyclic) bond motifs is 3. The normalized spacial score (nSPS) is 29.4. The van der Waals surface area contributed by atoms with Gasteiger partial charge in [0.25, 0.3) is 0 Å². The van der Waals surface area contributed by atoms with Gasteiger partial charge < -0.3 is 10.7 Å². The summed E-state index contributed by atoms with van der Waals surface area (Å²) in [7, 11) is 0. The van der Waals surface area contributed by atoms with Crippen molar-refractivity contribution in [2.45, 2.75) is 31.2 Å².